The molecule has 0 saturated carbocycles. The van der Waals surface area contributed by atoms with Crippen LogP contribution in [0.2, 0.25) is 5.02 Å². The van der Waals surface area contributed by atoms with Gasteiger partial charge in [0.15, 0.2) is 0 Å². The molecule has 37 heavy (non-hydrogen) atoms. The van der Waals surface area contributed by atoms with Crippen LogP contribution in [-0.2, 0) is 25.5 Å². The van der Waals surface area contributed by atoms with E-state index in [-0.39, 0.29) is 49.1 Å². The fourth-order valence-electron chi connectivity index (χ4n) is 4.23. The SMILES string of the molecule is C=C(CN(C)C)C(=O)NC[C@@H](NC(=O)[C@H](Cc1nc2ccc(Cl)cc2s1)NC(=O)CC)C1CCOCC1. The van der Waals surface area contributed by atoms with Crippen molar-refractivity contribution in [3.63, 3.8) is 0 Å². The fraction of sp³-hybridized carbons (Fsp3) is 0.538. The summed E-state index contributed by atoms with van der Waals surface area (Å²) in [5.41, 5.74) is 1.25. The number of nitrogens with one attached hydrogen (secondary N) is 3. The van der Waals surface area contributed by atoms with E-state index in [1.54, 1.807) is 13.0 Å². The largest absolute Gasteiger partial charge is 0.381 e. The molecule has 0 radical (unpaired) electrons. The third kappa shape index (κ3) is 8.77. The number of hydrogen-bond acceptors (Lipinski definition) is 7. The third-order valence-electron chi connectivity index (χ3n) is 6.22. The molecule has 0 aliphatic carbocycles. The number of carbonyl (C=O) groups is 3. The van der Waals surface area contributed by atoms with Gasteiger partial charge in [-0.2, -0.15) is 0 Å². The van der Waals surface area contributed by atoms with Gasteiger partial charge in [0.05, 0.1) is 15.2 Å². The highest BCUT2D eigenvalue weighted by atomic mass is 35.5. The Balaban J connectivity index is 1.74. The highest BCUT2D eigenvalue weighted by Gasteiger charge is 2.30. The summed E-state index contributed by atoms with van der Waals surface area (Å²) in [6.07, 6.45) is 2.04. The molecular weight excluding hydrogens is 514 g/mol. The monoisotopic (exact) mass is 549 g/mol. The van der Waals surface area contributed by atoms with Gasteiger partial charge in [-0.3, -0.25) is 14.4 Å². The number of aromatic nitrogens is 1. The van der Waals surface area contributed by atoms with E-state index < -0.39 is 6.04 Å². The molecule has 202 valence electrons. The van der Waals surface area contributed by atoms with E-state index >= 15 is 0 Å². The Kier molecular flexibility index (Phi) is 10.9. The van der Waals surface area contributed by atoms with Crippen LogP contribution >= 0.6 is 22.9 Å². The van der Waals surface area contributed by atoms with E-state index in [1.165, 1.54) is 11.3 Å². The molecule has 2 atom stereocenters. The molecule has 0 spiro atoms. The van der Waals surface area contributed by atoms with Gasteiger partial charge in [-0.1, -0.05) is 25.1 Å². The first-order valence-electron chi connectivity index (χ1n) is 12.5. The van der Waals surface area contributed by atoms with Crippen LogP contribution in [0.15, 0.2) is 30.4 Å². The van der Waals surface area contributed by atoms with Gasteiger partial charge in [0.25, 0.3) is 0 Å². The summed E-state index contributed by atoms with van der Waals surface area (Å²) in [6.45, 7) is 7.51. The van der Waals surface area contributed by atoms with E-state index in [0.29, 0.717) is 30.4 Å². The molecule has 1 aromatic carbocycles. The molecule has 0 unspecified atom stereocenters. The second-order valence-corrected chi connectivity index (χ2v) is 11.1. The molecule has 0 bridgehead atoms. The fourth-order valence-corrected chi connectivity index (χ4v) is 5.52. The zero-order chi connectivity index (χ0) is 26.9. The lowest BCUT2D eigenvalue weighted by atomic mass is 9.91. The van der Waals surface area contributed by atoms with Crippen LogP contribution < -0.4 is 16.0 Å². The molecule has 1 aromatic heterocycles. The Morgan fingerprint density at radius 3 is 2.65 bits per heavy atom. The Morgan fingerprint density at radius 2 is 1.97 bits per heavy atom. The first-order chi connectivity index (χ1) is 17.7. The molecule has 11 heteroatoms. The van der Waals surface area contributed by atoms with Gasteiger partial charge >= 0.3 is 0 Å². The third-order valence-corrected chi connectivity index (χ3v) is 7.50. The zero-order valence-electron chi connectivity index (χ0n) is 21.6. The van der Waals surface area contributed by atoms with Gasteiger partial charge in [0.1, 0.15) is 6.04 Å². The number of thiazole rings is 1. The molecule has 3 amide bonds. The maximum atomic E-state index is 13.5. The zero-order valence-corrected chi connectivity index (χ0v) is 23.2. The van der Waals surface area contributed by atoms with Crippen molar-refractivity contribution < 1.29 is 19.1 Å². The first-order valence-corrected chi connectivity index (χ1v) is 13.7. The predicted octanol–water partition coefficient (Wildman–Crippen LogP) is 2.53. The van der Waals surface area contributed by atoms with E-state index in [2.05, 4.69) is 27.5 Å². The van der Waals surface area contributed by atoms with E-state index in [4.69, 9.17) is 16.3 Å². The van der Waals surface area contributed by atoms with Crippen LogP contribution in [0, 0.1) is 5.92 Å². The summed E-state index contributed by atoms with van der Waals surface area (Å²) in [7, 11) is 3.74. The molecule has 1 aliphatic rings. The maximum absolute atomic E-state index is 13.5. The maximum Gasteiger partial charge on any atom is 0.247 e. The second-order valence-electron chi connectivity index (χ2n) is 9.51. The summed E-state index contributed by atoms with van der Waals surface area (Å²) in [4.78, 5) is 44.9. The summed E-state index contributed by atoms with van der Waals surface area (Å²) in [5.74, 6) is -0.645. The number of nitrogens with zero attached hydrogens (tertiary/aromatic N) is 2. The normalized spacial score (nSPS) is 15.8. The van der Waals surface area contributed by atoms with Crippen molar-refractivity contribution in [1.29, 1.82) is 0 Å². The molecule has 1 saturated heterocycles. The molecule has 3 N–H and O–H groups in total. The van der Waals surface area contributed by atoms with Crippen LogP contribution in [-0.4, -0.2) is 80.1 Å². The number of benzene rings is 1. The Labute approximate surface area is 227 Å². The lowest BCUT2D eigenvalue weighted by Gasteiger charge is -2.32. The standard InChI is InChI=1S/C26H36ClN5O4S/c1-5-23(33)29-20(13-24-30-19-7-6-18(27)12-22(19)37-24)26(35)31-21(17-8-10-36-11-9-17)14-28-25(34)16(2)15-32(3)4/h6-7,12,17,20-21H,2,5,8-11,13-15H2,1,3-4H3,(H,28,34)(H,29,33)(H,31,35)/t20-,21+/m0/s1. The highest BCUT2D eigenvalue weighted by molar-refractivity contribution is 7.18. The number of ether oxygens (including phenoxy) is 1. The Morgan fingerprint density at radius 1 is 1.24 bits per heavy atom. The van der Waals surface area contributed by atoms with E-state index in [0.717, 1.165) is 28.1 Å². The topological polar surface area (TPSA) is 113 Å². The van der Waals surface area contributed by atoms with Crippen molar-refractivity contribution in [2.24, 2.45) is 5.92 Å². The van der Waals surface area contributed by atoms with Crippen molar-refractivity contribution in [2.45, 2.75) is 44.7 Å². The minimum absolute atomic E-state index is 0.132. The number of fused-ring (bicyclic) bond motifs is 1. The van der Waals surface area contributed by atoms with Crippen LogP contribution in [0.1, 0.15) is 31.2 Å². The van der Waals surface area contributed by atoms with E-state index in [1.807, 2.05) is 31.1 Å². The average molecular weight is 550 g/mol. The number of halogens is 1. The first kappa shape index (κ1) is 29.0. The predicted molar refractivity (Wildman–Crippen MR) is 147 cm³/mol. The lowest BCUT2D eigenvalue weighted by molar-refractivity contribution is -0.129. The Hall–Kier alpha value is -2.53. The summed E-state index contributed by atoms with van der Waals surface area (Å²) in [5, 5.41) is 10.2. The summed E-state index contributed by atoms with van der Waals surface area (Å²) >= 11 is 7.56. The number of rotatable bonds is 12. The van der Waals surface area contributed by atoms with Crippen molar-refractivity contribution in [3.8, 4) is 0 Å². The smallest absolute Gasteiger partial charge is 0.247 e. The minimum atomic E-state index is -0.801. The number of hydrogen-bond donors (Lipinski definition) is 3. The average Bonchev–Trinajstić information content (AvgIpc) is 3.27. The van der Waals surface area contributed by atoms with Gasteiger partial charge in [0.2, 0.25) is 17.7 Å². The quantitative estimate of drug-likeness (QED) is 0.351. The molecule has 1 aliphatic heterocycles. The van der Waals surface area contributed by atoms with Crippen molar-refractivity contribution in [1.82, 2.24) is 25.8 Å². The number of amides is 3. The second kappa shape index (κ2) is 13.9. The molecule has 2 aromatic rings. The molecule has 1 fully saturated rings. The van der Waals surface area contributed by atoms with Crippen molar-refractivity contribution in [2.75, 3.05) is 40.4 Å². The highest BCUT2D eigenvalue weighted by Crippen LogP contribution is 2.26. The van der Waals surface area contributed by atoms with Crippen molar-refractivity contribution >= 4 is 50.9 Å². The van der Waals surface area contributed by atoms with Gasteiger partial charge in [0, 0.05) is 55.8 Å². The number of carbonyl (C=O) groups excluding carboxylic acids is 3. The summed E-state index contributed by atoms with van der Waals surface area (Å²) < 4.78 is 6.42. The van der Waals surface area contributed by atoms with Crippen LogP contribution in [0.25, 0.3) is 10.2 Å². The molecular formula is C26H36ClN5O4S. The van der Waals surface area contributed by atoms with E-state index in [9.17, 15) is 14.4 Å². The van der Waals surface area contributed by atoms with Crippen molar-refractivity contribution in [3.05, 3.63) is 40.4 Å². The molecule has 3 rings (SSSR count). The lowest BCUT2D eigenvalue weighted by Crippen LogP contribution is -2.55. The number of likely N-dealkylation sites (N-methyl/N-ethyl adjacent to an activating group) is 1. The summed E-state index contributed by atoms with van der Waals surface area (Å²) in [6, 6.07) is 4.33. The van der Waals surface area contributed by atoms with Gasteiger partial charge in [-0.25, -0.2) is 4.98 Å². The van der Waals surface area contributed by atoms with Crippen LogP contribution in [0.5, 0.6) is 0 Å². The molecule has 2 heterocycles. The molecule has 9 nitrogen and oxygen atoms in total. The Bertz CT molecular complexity index is 1120. The minimum Gasteiger partial charge on any atom is -0.381 e. The van der Waals surface area contributed by atoms with Gasteiger partial charge < -0.3 is 25.6 Å². The van der Waals surface area contributed by atoms with Gasteiger partial charge in [-0.15, -0.1) is 11.3 Å². The van der Waals surface area contributed by atoms with Crippen LogP contribution in [0.4, 0.5) is 0 Å². The van der Waals surface area contributed by atoms with Crippen LogP contribution in [0.3, 0.4) is 0 Å². The van der Waals surface area contributed by atoms with Gasteiger partial charge in [-0.05, 0) is 51.1 Å².